The third-order valence-corrected chi connectivity index (χ3v) is 15.7. The summed E-state index contributed by atoms with van der Waals surface area (Å²) in [6.07, 6.45) is 79.5. The molecule has 0 spiro atoms. The number of rotatable bonds is 63. The molecule has 0 rings (SSSR count). The lowest BCUT2D eigenvalue weighted by atomic mass is 10.0. The van der Waals surface area contributed by atoms with Gasteiger partial charge >= 0.3 is 5.97 Å². The second-order valence-electron chi connectivity index (χ2n) is 23.2. The van der Waals surface area contributed by atoms with Crippen LogP contribution in [-0.4, -0.2) is 47.4 Å². The third kappa shape index (κ3) is 59.6. The van der Waals surface area contributed by atoms with Gasteiger partial charge in [0.1, 0.15) is 0 Å². The summed E-state index contributed by atoms with van der Waals surface area (Å²) in [5.74, 6) is -0.0633. The summed E-state index contributed by atoms with van der Waals surface area (Å²) >= 11 is 0. The molecule has 438 valence electrons. The number of ether oxygens (including phenoxy) is 1. The number of esters is 1. The maximum Gasteiger partial charge on any atom is 0.305 e. The van der Waals surface area contributed by atoms with Gasteiger partial charge in [-0.25, -0.2) is 0 Å². The molecule has 0 saturated carbocycles. The van der Waals surface area contributed by atoms with Crippen LogP contribution in [0.15, 0.2) is 24.3 Å². The molecule has 2 atom stereocenters. The van der Waals surface area contributed by atoms with Gasteiger partial charge in [-0.2, -0.15) is 0 Å². The molecule has 0 aliphatic heterocycles. The molecule has 0 aromatic carbocycles. The molecule has 0 heterocycles. The zero-order chi connectivity index (χ0) is 53.6. The first-order valence-electron chi connectivity index (χ1n) is 33.6. The molecule has 0 fully saturated rings. The normalized spacial score (nSPS) is 12.6. The Kier molecular flexibility index (Phi) is 62.4. The van der Waals surface area contributed by atoms with E-state index in [2.05, 4.69) is 31.3 Å². The highest BCUT2D eigenvalue weighted by molar-refractivity contribution is 5.76. The summed E-state index contributed by atoms with van der Waals surface area (Å²) in [6.45, 7) is 4.92. The summed E-state index contributed by atoms with van der Waals surface area (Å²) in [6, 6.07) is -0.630. The average molecular weight is 1040 g/mol. The van der Waals surface area contributed by atoms with E-state index >= 15 is 0 Å². The van der Waals surface area contributed by atoms with Crippen molar-refractivity contribution in [1.82, 2.24) is 5.32 Å². The van der Waals surface area contributed by atoms with Crippen molar-refractivity contribution in [3.63, 3.8) is 0 Å². The first-order chi connectivity index (χ1) is 36.5. The van der Waals surface area contributed by atoms with Crippen LogP contribution in [-0.2, 0) is 14.3 Å². The number of carbonyl (C=O) groups is 2. The fourth-order valence-electron chi connectivity index (χ4n) is 10.6. The van der Waals surface area contributed by atoms with Gasteiger partial charge in [0.2, 0.25) is 5.91 Å². The van der Waals surface area contributed by atoms with Crippen LogP contribution in [0.1, 0.15) is 373 Å². The molecule has 6 heteroatoms. The minimum absolute atomic E-state index is 0.00279. The van der Waals surface area contributed by atoms with Crippen LogP contribution in [0.5, 0.6) is 0 Å². The Balaban J connectivity index is 3.42. The van der Waals surface area contributed by atoms with E-state index in [-0.39, 0.29) is 18.5 Å². The number of unbranched alkanes of at least 4 members (excludes halogenated alkanes) is 50. The van der Waals surface area contributed by atoms with Crippen LogP contribution >= 0.6 is 0 Å². The predicted octanol–water partition coefficient (Wildman–Crippen LogP) is 21.4. The minimum Gasteiger partial charge on any atom is -0.466 e. The van der Waals surface area contributed by atoms with Crippen molar-refractivity contribution in [2.45, 2.75) is 386 Å². The number of amides is 1. The Morgan fingerprint density at radius 2 is 0.635 bits per heavy atom. The molecule has 0 aromatic heterocycles. The summed E-state index contributed by atoms with van der Waals surface area (Å²) < 4.78 is 5.49. The quantitative estimate of drug-likeness (QED) is 0.0320. The smallest absolute Gasteiger partial charge is 0.305 e. The lowest BCUT2D eigenvalue weighted by Gasteiger charge is -2.20. The summed E-state index contributed by atoms with van der Waals surface area (Å²) in [7, 11) is 0. The summed E-state index contributed by atoms with van der Waals surface area (Å²) in [4.78, 5) is 24.6. The Hall–Kier alpha value is -1.66. The van der Waals surface area contributed by atoms with Gasteiger partial charge in [-0.15, -0.1) is 0 Å². The van der Waals surface area contributed by atoms with Crippen molar-refractivity contribution in [2.24, 2.45) is 0 Å². The van der Waals surface area contributed by atoms with E-state index in [1.54, 1.807) is 6.08 Å². The first kappa shape index (κ1) is 72.3. The van der Waals surface area contributed by atoms with Crippen molar-refractivity contribution in [1.29, 1.82) is 0 Å². The van der Waals surface area contributed by atoms with Gasteiger partial charge in [-0.1, -0.05) is 327 Å². The summed E-state index contributed by atoms with van der Waals surface area (Å²) in [5.41, 5.74) is 0. The Morgan fingerprint density at radius 1 is 0.365 bits per heavy atom. The molecule has 0 radical (unpaired) electrons. The highest BCUT2D eigenvalue weighted by Crippen LogP contribution is 2.18. The standard InChI is InChI=1S/C68H131NO5/c1-3-5-7-9-11-13-15-17-19-20-21-22-23-26-29-33-36-40-44-48-52-56-60-66(71)65(64-70)69-67(72)61-57-53-49-45-41-37-34-30-27-24-25-28-31-35-39-43-47-51-55-59-63-74-68(73)62-58-54-50-46-42-38-32-18-16-14-12-10-8-6-4-2/h18,32,56,60,65-66,70-71H,3-17,19-31,33-55,57-59,61-64H2,1-2H3,(H,69,72)/b32-18-,60-56+. The van der Waals surface area contributed by atoms with Gasteiger partial charge in [0.15, 0.2) is 0 Å². The first-order valence-corrected chi connectivity index (χ1v) is 33.6. The lowest BCUT2D eigenvalue weighted by molar-refractivity contribution is -0.143. The SMILES string of the molecule is CCCCCCCC/C=C\CCCCCCCC(=O)OCCCCCCCCCCCCCCCCCCCCCCC(=O)NC(CO)C(O)/C=C/CCCCCCCCCCCCCCCCCCCCCC. The Morgan fingerprint density at radius 3 is 0.959 bits per heavy atom. The van der Waals surface area contributed by atoms with Crippen LogP contribution in [0.25, 0.3) is 0 Å². The van der Waals surface area contributed by atoms with E-state index in [1.807, 2.05) is 6.08 Å². The maximum atomic E-state index is 12.5. The van der Waals surface area contributed by atoms with Crippen LogP contribution < -0.4 is 5.32 Å². The fourth-order valence-corrected chi connectivity index (χ4v) is 10.6. The molecule has 3 N–H and O–H groups in total. The molecule has 0 aromatic rings. The van der Waals surface area contributed by atoms with Gasteiger partial charge in [0.25, 0.3) is 0 Å². The zero-order valence-corrected chi connectivity index (χ0v) is 50.1. The number of aliphatic hydroxyl groups is 2. The number of allylic oxidation sites excluding steroid dienone is 3. The van der Waals surface area contributed by atoms with Crippen LogP contribution in [0, 0.1) is 0 Å². The van der Waals surface area contributed by atoms with E-state index in [0.717, 1.165) is 44.9 Å². The molecular weight excluding hydrogens is 911 g/mol. The molecular formula is C68H131NO5. The van der Waals surface area contributed by atoms with Crippen molar-refractivity contribution < 1.29 is 24.5 Å². The van der Waals surface area contributed by atoms with Crippen LogP contribution in [0.4, 0.5) is 0 Å². The predicted molar refractivity (Wildman–Crippen MR) is 324 cm³/mol. The number of aliphatic hydroxyl groups excluding tert-OH is 2. The molecule has 0 aliphatic carbocycles. The van der Waals surface area contributed by atoms with Crippen LogP contribution in [0.2, 0.25) is 0 Å². The Labute approximate surface area is 462 Å². The van der Waals surface area contributed by atoms with Gasteiger partial charge in [-0.3, -0.25) is 9.59 Å². The van der Waals surface area contributed by atoms with Crippen molar-refractivity contribution >= 4 is 11.9 Å². The topological polar surface area (TPSA) is 95.9 Å². The number of carbonyl (C=O) groups excluding carboxylic acids is 2. The largest absolute Gasteiger partial charge is 0.466 e. The minimum atomic E-state index is -0.847. The van der Waals surface area contributed by atoms with Crippen molar-refractivity contribution in [2.75, 3.05) is 13.2 Å². The highest BCUT2D eigenvalue weighted by Gasteiger charge is 2.18. The molecule has 0 aliphatic rings. The molecule has 0 saturated heterocycles. The van der Waals surface area contributed by atoms with Crippen LogP contribution in [0.3, 0.4) is 0 Å². The van der Waals surface area contributed by atoms with Gasteiger partial charge in [0.05, 0.1) is 25.4 Å². The van der Waals surface area contributed by atoms with Crippen molar-refractivity contribution in [3.8, 4) is 0 Å². The number of hydrogen-bond donors (Lipinski definition) is 3. The van der Waals surface area contributed by atoms with Gasteiger partial charge in [0, 0.05) is 12.8 Å². The lowest BCUT2D eigenvalue weighted by Crippen LogP contribution is -2.45. The highest BCUT2D eigenvalue weighted by atomic mass is 16.5. The molecule has 74 heavy (non-hydrogen) atoms. The second-order valence-corrected chi connectivity index (χ2v) is 23.2. The third-order valence-electron chi connectivity index (χ3n) is 15.7. The zero-order valence-electron chi connectivity index (χ0n) is 50.1. The average Bonchev–Trinajstić information content (AvgIpc) is 3.40. The van der Waals surface area contributed by atoms with E-state index in [4.69, 9.17) is 4.74 Å². The van der Waals surface area contributed by atoms with E-state index in [0.29, 0.717) is 19.4 Å². The Bertz CT molecular complexity index is 1150. The monoisotopic (exact) mass is 1040 g/mol. The molecule has 6 nitrogen and oxygen atoms in total. The van der Waals surface area contributed by atoms with E-state index in [1.165, 1.54) is 302 Å². The van der Waals surface area contributed by atoms with E-state index in [9.17, 15) is 19.8 Å². The van der Waals surface area contributed by atoms with Gasteiger partial charge in [-0.05, 0) is 57.8 Å². The summed E-state index contributed by atoms with van der Waals surface area (Å²) in [5, 5.41) is 23.2. The molecule has 1 amide bonds. The number of nitrogens with one attached hydrogen (secondary N) is 1. The fraction of sp³-hybridized carbons (Fsp3) is 0.912. The molecule has 2 unspecified atom stereocenters. The van der Waals surface area contributed by atoms with Crippen molar-refractivity contribution in [3.05, 3.63) is 24.3 Å². The van der Waals surface area contributed by atoms with E-state index < -0.39 is 12.1 Å². The second kappa shape index (κ2) is 63.9. The number of hydrogen-bond acceptors (Lipinski definition) is 5. The maximum absolute atomic E-state index is 12.5. The van der Waals surface area contributed by atoms with Gasteiger partial charge < -0.3 is 20.3 Å². The molecule has 0 bridgehead atoms.